The first-order valence-corrected chi connectivity index (χ1v) is 7.65. The molecule has 0 radical (unpaired) electrons. The summed E-state index contributed by atoms with van der Waals surface area (Å²) in [6, 6.07) is 5.79. The number of carbonyl (C=O) groups excluding carboxylic acids is 2. The number of halogens is 1. The van der Waals surface area contributed by atoms with Crippen molar-refractivity contribution in [2.75, 3.05) is 20.3 Å². The number of hydrogen-bond acceptors (Lipinski definition) is 4. The van der Waals surface area contributed by atoms with Gasteiger partial charge in [-0.3, -0.25) is 4.79 Å². The van der Waals surface area contributed by atoms with E-state index in [1.807, 2.05) is 25.1 Å². The Labute approximate surface area is 138 Å². The predicted molar refractivity (Wildman–Crippen MR) is 88.4 cm³/mol. The molecule has 0 fully saturated rings. The first-order chi connectivity index (χ1) is 10.4. The fourth-order valence-electron chi connectivity index (χ4n) is 1.61. The van der Waals surface area contributed by atoms with Crippen molar-refractivity contribution < 1.29 is 19.1 Å². The van der Waals surface area contributed by atoms with Crippen molar-refractivity contribution in [3.63, 3.8) is 0 Å². The third-order valence-electron chi connectivity index (χ3n) is 2.82. The van der Waals surface area contributed by atoms with E-state index in [0.29, 0.717) is 13.2 Å². The Morgan fingerprint density at radius 3 is 2.77 bits per heavy atom. The van der Waals surface area contributed by atoms with Gasteiger partial charge in [0, 0.05) is 24.2 Å². The molecule has 0 spiro atoms. The van der Waals surface area contributed by atoms with Gasteiger partial charge in [0.15, 0.2) is 6.10 Å². The lowest BCUT2D eigenvalue weighted by Crippen LogP contribution is -2.37. The van der Waals surface area contributed by atoms with Gasteiger partial charge in [-0.25, -0.2) is 4.79 Å². The van der Waals surface area contributed by atoms with Crippen LogP contribution >= 0.6 is 15.9 Å². The quantitative estimate of drug-likeness (QED) is 0.455. The molecular formula is C16H20BrNO4. The van der Waals surface area contributed by atoms with Crippen molar-refractivity contribution in [2.24, 2.45) is 0 Å². The van der Waals surface area contributed by atoms with Gasteiger partial charge in [-0.2, -0.15) is 0 Å². The molecule has 120 valence electrons. The SMILES string of the molecule is COCCNC(=O)[C@@H](C)OC(=O)/C=C/c1ccc(C)cc1Br. The molecule has 1 N–H and O–H groups in total. The van der Waals surface area contributed by atoms with Gasteiger partial charge in [-0.05, 0) is 37.1 Å². The number of ether oxygens (including phenoxy) is 2. The smallest absolute Gasteiger partial charge is 0.331 e. The highest BCUT2D eigenvalue weighted by atomic mass is 79.9. The van der Waals surface area contributed by atoms with E-state index in [1.165, 1.54) is 13.0 Å². The number of aryl methyl sites for hydroxylation is 1. The Hall–Kier alpha value is -1.66. The van der Waals surface area contributed by atoms with Crippen molar-refractivity contribution in [2.45, 2.75) is 20.0 Å². The van der Waals surface area contributed by atoms with Gasteiger partial charge in [0.25, 0.3) is 5.91 Å². The third kappa shape index (κ3) is 6.41. The van der Waals surface area contributed by atoms with Crippen molar-refractivity contribution >= 4 is 33.9 Å². The molecule has 1 atom stereocenters. The molecule has 0 saturated carbocycles. The van der Waals surface area contributed by atoms with Crippen LogP contribution in [0.15, 0.2) is 28.7 Å². The molecule has 6 heteroatoms. The second-order valence-corrected chi connectivity index (χ2v) is 5.58. The zero-order valence-electron chi connectivity index (χ0n) is 12.9. The minimum absolute atomic E-state index is 0.352. The summed E-state index contributed by atoms with van der Waals surface area (Å²) in [5, 5.41) is 2.61. The molecule has 0 saturated heterocycles. The van der Waals surface area contributed by atoms with Crippen LogP contribution < -0.4 is 5.32 Å². The highest BCUT2D eigenvalue weighted by molar-refractivity contribution is 9.10. The Balaban J connectivity index is 2.51. The average molecular weight is 370 g/mol. The fourth-order valence-corrected chi connectivity index (χ4v) is 2.24. The lowest BCUT2D eigenvalue weighted by molar-refractivity contribution is -0.150. The monoisotopic (exact) mass is 369 g/mol. The van der Waals surface area contributed by atoms with E-state index in [1.54, 1.807) is 13.2 Å². The molecule has 1 aromatic carbocycles. The summed E-state index contributed by atoms with van der Waals surface area (Å²) >= 11 is 3.43. The Morgan fingerprint density at radius 1 is 1.41 bits per heavy atom. The molecule has 0 aliphatic heterocycles. The number of benzene rings is 1. The van der Waals surface area contributed by atoms with Crippen molar-refractivity contribution in [3.05, 3.63) is 39.9 Å². The van der Waals surface area contributed by atoms with Crippen LogP contribution in [-0.2, 0) is 19.1 Å². The lowest BCUT2D eigenvalue weighted by atomic mass is 10.1. The molecular weight excluding hydrogens is 350 g/mol. The normalized spacial score (nSPS) is 12.2. The van der Waals surface area contributed by atoms with Gasteiger partial charge in [0.1, 0.15) is 0 Å². The van der Waals surface area contributed by atoms with Crippen LogP contribution in [0.5, 0.6) is 0 Å². The van der Waals surface area contributed by atoms with Gasteiger partial charge in [-0.15, -0.1) is 0 Å². The van der Waals surface area contributed by atoms with E-state index in [2.05, 4.69) is 21.2 Å². The highest BCUT2D eigenvalue weighted by Crippen LogP contribution is 2.19. The minimum atomic E-state index is -0.851. The summed E-state index contributed by atoms with van der Waals surface area (Å²) in [7, 11) is 1.55. The first-order valence-electron chi connectivity index (χ1n) is 6.85. The Bertz CT molecular complexity index is 557. The standard InChI is InChI=1S/C16H20BrNO4/c1-11-4-5-13(14(17)10-11)6-7-15(19)22-12(2)16(20)18-8-9-21-3/h4-7,10,12H,8-9H2,1-3H3,(H,18,20)/b7-6+/t12-/m1/s1. The predicted octanol–water partition coefficient (Wildman–Crippen LogP) is 2.47. The van der Waals surface area contributed by atoms with Crippen LogP contribution in [0.1, 0.15) is 18.1 Å². The summed E-state index contributed by atoms with van der Waals surface area (Å²) in [5.41, 5.74) is 1.98. The minimum Gasteiger partial charge on any atom is -0.449 e. The zero-order chi connectivity index (χ0) is 16.5. The molecule has 1 amide bonds. The molecule has 1 rings (SSSR count). The number of nitrogens with one attached hydrogen (secondary N) is 1. The first kappa shape index (κ1) is 18.4. The molecule has 0 aromatic heterocycles. The van der Waals surface area contributed by atoms with Gasteiger partial charge in [0.2, 0.25) is 0 Å². The molecule has 0 aliphatic carbocycles. The maximum Gasteiger partial charge on any atom is 0.331 e. The molecule has 0 bridgehead atoms. The highest BCUT2D eigenvalue weighted by Gasteiger charge is 2.15. The van der Waals surface area contributed by atoms with Gasteiger partial charge in [-0.1, -0.05) is 28.1 Å². The van der Waals surface area contributed by atoms with Crippen LogP contribution in [0.25, 0.3) is 6.08 Å². The van der Waals surface area contributed by atoms with Crippen LogP contribution in [0, 0.1) is 6.92 Å². The summed E-state index contributed by atoms with van der Waals surface area (Å²) in [6.07, 6.45) is 2.09. The number of esters is 1. The van der Waals surface area contributed by atoms with Crippen molar-refractivity contribution in [1.29, 1.82) is 0 Å². The number of hydrogen-bond donors (Lipinski definition) is 1. The number of methoxy groups -OCH3 is 1. The van der Waals surface area contributed by atoms with Gasteiger partial charge >= 0.3 is 5.97 Å². The van der Waals surface area contributed by atoms with E-state index in [0.717, 1.165) is 15.6 Å². The van der Waals surface area contributed by atoms with Crippen LogP contribution in [0.3, 0.4) is 0 Å². The van der Waals surface area contributed by atoms with E-state index in [9.17, 15) is 9.59 Å². The van der Waals surface area contributed by atoms with Gasteiger partial charge < -0.3 is 14.8 Å². The maximum atomic E-state index is 11.7. The second-order valence-electron chi connectivity index (χ2n) is 4.72. The number of amides is 1. The average Bonchev–Trinajstić information content (AvgIpc) is 2.46. The lowest BCUT2D eigenvalue weighted by Gasteiger charge is -2.11. The molecule has 0 unspecified atom stereocenters. The fraction of sp³-hybridized carbons (Fsp3) is 0.375. The third-order valence-corrected chi connectivity index (χ3v) is 3.51. The number of rotatable bonds is 7. The molecule has 0 heterocycles. The summed E-state index contributed by atoms with van der Waals surface area (Å²) in [6.45, 7) is 4.29. The van der Waals surface area contributed by atoms with E-state index in [4.69, 9.17) is 9.47 Å². The summed E-state index contributed by atoms with van der Waals surface area (Å²) in [4.78, 5) is 23.4. The maximum absolute atomic E-state index is 11.7. The Kier molecular flexibility index (Phi) is 7.84. The van der Waals surface area contributed by atoms with Crippen LogP contribution in [-0.4, -0.2) is 38.2 Å². The van der Waals surface area contributed by atoms with Crippen molar-refractivity contribution in [3.8, 4) is 0 Å². The van der Waals surface area contributed by atoms with Crippen molar-refractivity contribution in [1.82, 2.24) is 5.32 Å². The molecule has 1 aromatic rings. The molecule has 22 heavy (non-hydrogen) atoms. The summed E-state index contributed by atoms with van der Waals surface area (Å²) < 4.78 is 10.7. The Morgan fingerprint density at radius 2 is 2.14 bits per heavy atom. The molecule has 0 aliphatic rings. The second kappa shape index (κ2) is 9.38. The van der Waals surface area contributed by atoms with Gasteiger partial charge in [0.05, 0.1) is 6.61 Å². The largest absolute Gasteiger partial charge is 0.449 e. The van der Waals surface area contributed by atoms with E-state index in [-0.39, 0.29) is 5.91 Å². The van der Waals surface area contributed by atoms with Crippen LogP contribution in [0.4, 0.5) is 0 Å². The zero-order valence-corrected chi connectivity index (χ0v) is 14.5. The van der Waals surface area contributed by atoms with Crippen LogP contribution in [0.2, 0.25) is 0 Å². The van der Waals surface area contributed by atoms with E-state index < -0.39 is 12.1 Å². The topological polar surface area (TPSA) is 64.6 Å². The summed E-state index contributed by atoms with van der Waals surface area (Å²) in [5.74, 6) is -0.919. The molecule has 5 nitrogen and oxygen atoms in total. The number of carbonyl (C=O) groups is 2. The van der Waals surface area contributed by atoms with E-state index >= 15 is 0 Å².